The smallest absolute Gasteiger partial charge is 0.350 e. The highest BCUT2D eigenvalue weighted by Crippen LogP contribution is 2.01. The van der Waals surface area contributed by atoms with E-state index in [-0.39, 0.29) is 24.0 Å². The zero-order chi connectivity index (χ0) is 17.8. The average Bonchev–Trinajstić information content (AvgIpc) is 2.91. The molecule has 0 bridgehead atoms. The number of hydrogen-bond donors (Lipinski definition) is 1. The van der Waals surface area contributed by atoms with Gasteiger partial charge in [0.05, 0.1) is 0 Å². The number of piperazine rings is 1. The van der Waals surface area contributed by atoms with Crippen LogP contribution < -0.4 is 11.0 Å². The number of rotatable bonds is 5. The Morgan fingerprint density at radius 3 is 2.64 bits per heavy atom. The average molecular weight is 346 g/mol. The van der Waals surface area contributed by atoms with E-state index in [0.29, 0.717) is 12.2 Å². The molecule has 0 aliphatic carbocycles. The second kappa shape index (κ2) is 7.47. The van der Waals surface area contributed by atoms with E-state index in [9.17, 15) is 14.4 Å². The summed E-state index contributed by atoms with van der Waals surface area (Å²) >= 11 is 0. The zero-order valence-corrected chi connectivity index (χ0v) is 14.2. The maximum Gasteiger partial charge on any atom is 0.350 e. The minimum Gasteiger partial charge on any atom is -0.353 e. The van der Waals surface area contributed by atoms with Gasteiger partial charge in [0.15, 0.2) is 5.65 Å². The van der Waals surface area contributed by atoms with E-state index >= 15 is 0 Å². The van der Waals surface area contributed by atoms with Gasteiger partial charge < -0.3 is 10.2 Å². The van der Waals surface area contributed by atoms with Crippen molar-refractivity contribution in [1.82, 2.24) is 29.3 Å². The molecule has 1 N–H and O–H groups in total. The van der Waals surface area contributed by atoms with Crippen molar-refractivity contribution in [3.05, 3.63) is 34.9 Å². The number of carbonyl (C=O) groups excluding carboxylic acids is 2. The summed E-state index contributed by atoms with van der Waals surface area (Å²) in [6, 6.07) is 5.25. The maximum atomic E-state index is 12.1. The summed E-state index contributed by atoms with van der Waals surface area (Å²) in [6.45, 7) is 5.76. The molecule has 1 aliphatic rings. The summed E-state index contributed by atoms with van der Waals surface area (Å²) < 4.78 is 2.57. The number of carbonyl (C=O) groups is 2. The molecule has 1 aliphatic heterocycles. The SMILES string of the molecule is CC(=O)N1CCN(CCNC(=O)Cn2nc3ccccn3c2=O)CC1. The lowest BCUT2D eigenvalue weighted by atomic mass is 10.3. The predicted molar refractivity (Wildman–Crippen MR) is 91.2 cm³/mol. The van der Waals surface area contributed by atoms with Gasteiger partial charge >= 0.3 is 5.69 Å². The monoisotopic (exact) mass is 346 g/mol. The molecule has 0 saturated carbocycles. The third-order valence-corrected chi connectivity index (χ3v) is 4.35. The fourth-order valence-corrected chi connectivity index (χ4v) is 2.90. The molecule has 9 heteroatoms. The number of nitrogens with zero attached hydrogens (tertiary/aromatic N) is 5. The van der Waals surface area contributed by atoms with Crippen LogP contribution in [-0.2, 0) is 16.1 Å². The van der Waals surface area contributed by atoms with Gasteiger partial charge in [-0.1, -0.05) is 6.07 Å². The Labute approximate surface area is 144 Å². The summed E-state index contributed by atoms with van der Waals surface area (Å²) in [5, 5.41) is 6.95. The Balaban J connectivity index is 1.45. The van der Waals surface area contributed by atoms with Crippen molar-refractivity contribution in [2.75, 3.05) is 39.3 Å². The van der Waals surface area contributed by atoms with Gasteiger partial charge in [0, 0.05) is 52.4 Å². The number of aromatic nitrogens is 3. The van der Waals surface area contributed by atoms with E-state index in [1.165, 1.54) is 4.40 Å². The van der Waals surface area contributed by atoms with E-state index in [1.807, 2.05) is 4.90 Å². The van der Waals surface area contributed by atoms with Crippen LogP contribution in [0.3, 0.4) is 0 Å². The molecule has 2 aromatic heterocycles. The molecule has 0 unspecified atom stereocenters. The van der Waals surface area contributed by atoms with E-state index in [1.54, 1.807) is 31.3 Å². The largest absolute Gasteiger partial charge is 0.353 e. The maximum absolute atomic E-state index is 12.1. The van der Waals surface area contributed by atoms with Gasteiger partial charge in [0.25, 0.3) is 0 Å². The molecule has 3 rings (SSSR count). The van der Waals surface area contributed by atoms with Gasteiger partial charge in [-0.3, -0.25) is 18.9 Å². The van der Waals surface area contributed by atoms with Gasteiger partial charge in [-0.2, -0.15) is 0 Å². The first-order valence-corrected chi connectivity index (χ1v) is 8.33. The number of pyridine rings is 1. The fourth-order valence-electron chi connectivity index (χ4n) is 2.90. The Kier molecular flexibility index (Phi) is 5.13. The van der Waals surface area contributed by atoms with Gasteiger partial charge in [-0.15, -0.1) is 5.10 Å². The first-order valence-electron chi connectivity index (χ1n) is 8.33. The van der Waals surface area contributed by atoms with Crippen molar-refractivity contribution in [3.8, 4) is 0 Å². The van der Waals surface area contributed by atoms with E-state index in [0.717, 1.165) is 37.4 Å². The fraction of sp³-hybridized carbons (Fsp3) is 0.500. The predicted octanol–water partition coefficient (Wildman–Crippen LogP) is -1.22. The molecule has 3 heterocycles. The van der Waals surface area contributed by atoms with E-state index in [2.05, 4.69) is 15.3 Å². The molecule has 1 saturated heterocycles. The number of fused-ring (bicyclic) bond motifs is 1. The second-order valence-electron chi connectivity index (χ2n) is 6.07. The lowest BCUT2D eigenvalue weighted by Gasteiger charge is -2.34. The lowest BCUT2D eigenvalue weighted by molar-refractivity contribution is -0.130. The third-order valence-electron chi connectivity index (χ3n) is 4.35. The number of amides is 2. The summed E-state index contributed by atoms with van der Waals surface area (Å²) in [5.74, 6) is -0.140. The summed E-state index contributed by atoms with van der Waals surface area (Å²) in [6.07, 6.45) is 1.62. The highest BCUT2D eigenvalue weighted by Gasteiger charge is 2.18. The van der Waals surface area contributed by atoms with Crippen molar-refractivity contribution in [3.63, 3.8) is 0 Å². The molecule has 1 fully saturated rings. The quantitative estimate of drug-likeness (QED) is 0.732. The number of hydrogen-bond acceptors (Lipinski definition) is 5. The Morgan fingerprint density at radius 1 is 1.20 bits per heavy atom. The van der Waals surface area contributed by atoms with Gasteiger partial charge in [-0.25, -0.2) is 9.48 Å². The molecular weight excluding hydrogens is 324 g/mol. The van der Waals surface area contributed by atoms with Gasteiger partial charge in [0.2, 0.25) is 11.8 Å². The van der Waals surface area contributed by atoms with Gasteiger partial charge in [0.1, 0.15) is 6.54 Å². The lowest BCUT2D eigenvalue weighted by Crippen LogP contribution is -2.49. The minimum absolute atomic E-state index is 0.0986. The molecule has 0 spiro atoms. The molecular formula is C16H22N6O3. The van der Waals surface area contributed by atoms with Crippen LogP contribution in [0.15, 0.2) is 29.2 Å². The van der Waals surface area contributed by atoms with Crippen molar-refractivity contribution in [1.29, 1.82) is 0 Å². The Morgan fingerprint density at radius 2 is 1.96 bits per heavy atom. The van der Waals surface area contributed by atoms with Crippen molar-refractivity contribution in [2.45, 2.75) is 13.5 Å². The topological polar surface area (TPSA) is 91.9 Å². The highest BCUT2D eigenvalue weighted by molar-refractivity contribution is 5.75. The van der Waals surface area contributed by atoms with Crippen LogP contribution in [0.2, 0.25) is 0 Å². The summed E-state index contributed by atoms with van der Waals surface area (Å²) in [7, 11) is 0. The second-order valence-corrected chi connectivity index (χ2v) is 6.07. The minimum atomic E-state index is -0.328. The standard InChI is InChI=1S/C16H22N6O3/c1-13(23)20-10-8-19(9-11-20)7-5-17-15(24)12-22-16(25)21-6-3-2-4-14(21)18-22/h2-4,6H,5,7-12H2,1H3,(H,17,24). The summed E-state index contributed by atoms with van der Waals surface area (Å²) in [5.41, 5.74) is 0.190. The zero-order valence-electron chi connectivity index (χ0n) is 14.2. The van der Waals surface area contributed by atoms with Crippen LogP contribution in [0.4, 0.5) is 0 Å². The van der Waals surface area contributed by atoms with E-state index < -0.39 is 0 Å². The van der Waals surface area contributed by atoms with Crippen molar-refractivity contribution >= 4 is 17.5 Å². The summed E-state index contributed by atoms with van der Waals surface area (Å²) in [4.78, 5) is 39.5. The third kappa shape index (κ3) is 4.05. The highest BCUT2D eigenvalue weighted by atomic mass is 16.2. The molecule has 2 aromatic rings. The molecule has 0 atom stereocenters. The Bertz CT molecular complexity index is 819. The van der Waals surface area contributed by atoms with Gasteiger partial charge in [-0.05, 0) is 12.1 Å². The van der Waals surface area contributed by atoms with Crippen LogP contribution in [-0.4, -0.2) is 75.1 Å². The van der Waals surface area contributed by atoms with Crippen molar-refractivity contribution < 1.29 is 9.59 Å². The molecule has 0 radical (unpaired) electrons. The Hall–Kier alpha value is -2.68. The van der Waals surface area contributed by atoms with Crippen molar-refractivity contribution in [2.24, 2.45) is 0 Å². The molecule has 134 valence electrons. The number of nitrogens with one attached hydrogen (secondary N) is 1. The van der Waals surface area contributed by atoms with Crippen LogP contribution in [0.25, 0.3) is 5.65 Å². The van der Waals surface area contributed by atoms with Crippen LogP contribution in [0, 0.1) is 0 Å². The normalized spacial score (nSPS) is 15.5. The first kappa shape index (κ1) is 17.2. The molecule has 2 amide bonds. The molecule has 0 aromatic carbocycles. The van der Waals surface area contributed by atoms with E-state index in [4.69, 9.17) is 0 Å². The first-order chi connectivity index (χ1) is 12.0. The molecule has 25 heavy (non-hydrogen) atoms. The van der Waals surface area contributed by atoms with Crippen LogP contribution in [0.5, 0.6) is 0 Å². The molecule has 9 nitrogen and oxygen atoms in total. The van der Waals surface area contributed by atoms with Crippen LogP contribution >= 0.6 is 0 Å². The van der Waals surface area contributed by atoms with Crippen LogP contribution in [0.1, 0.15) is 6.92 Å².